The van der Waals surface area contributed by atoms with E-state index in [1.807, 2.05) is 0 Å². The third-order valence-electron chi connectivity index (χ3n) is 3.38. The van der Waals surface area contributed by atoms with E-state index >= 15 is 0 Å². The molecule has 0 saturated carbocycles. The second-order valence-corrected chi connectivity index (χ2v) is 7.17. The van der Waals surface area contributed by atoms with Gasteiger partial charge in [0.25, 0.3) is 10.1 Å². The minimum Gasteiger partial charge on any atom is -0.435 e. The fraction of sp³-hybridized carbons (Fsp3) is 0.500. The third kappa shape index (κ3) is 4.87. The van der Waals surface area contributed by atoms with E-state index in [-0.39, 0.29) is 5.92 Å². The van der Waals surface area contributed by atoms with E-state index < -0.39 is 45.4 Å². The lowest BCUT2D eigenvalue weighted by Gasteiger charge is -2.35. The van der Waals surface area contributed by atoms with Crippen molar-refractivity contribution in [1.82, 2.24) is 0 Å². The summed E-state index contributed by atoms with van der Waals surface area (Å²) >= 11 is 0. The molecule has 0 aliphatic rings. The number of halogens is 6. The van der Waals surface area contributed by atoms with Crippen LogP contribution in [0.3, 0.4) is 0 Å². The SMILES string of the molecule is CC(C)c1ccc(C(=O)OC(CS(=O)(=O)O)(C(F)(F)F)C(F)(F)F)cc1. The number of hydrogen-bond acceptors (Lipinski definition) is 4. The summed E-state index contributed by atoms with van der Waals surface area (Å²) in [6.07, 6.45) is -12.7. The van der Waals surface area contributed by atoms with Crippen LogP contribution in [0.2, 0.25) is 0 Å². The van der Waals surface area contributed by atoms with Crippen LogP contribution in [0.1, 0.15) is 35.7 Å². The molecule has 26 heavy (non-hydrogen) atoms. The van der Waals surface area contributed by atoms with Crippen LogP contribution in [-0.4, -0.2) is 42.6 Å². The van der Waals surface area contributed by atoms with Crippen LogP contribution in [-0.2, 0) is 14.9 Å². The molecule has 1 N–H and O–H groups in total. The average molecular weight is 408 g/mol. The smallest absolute Gasteiger partial charge is 0.435 e. The molecule has 0 spiro atoms. The Morgan fingerprint density at radius 1 is 1.04 bits per heavy atom. The second-order valence-electron chi connectivity index (χ2n) is 5.72. The van der Waals surface area contributed by atoms with Crippen LogP contribution in [0.4, 0.5) is 26.3 Å². The van der Waals surface area contributed by atoms with Gasteiger partial charge in [-0.15, -0.1) is 0 Å². The van der Waals surface area contributed by atoms with E-state index in [4.69, 9.17) is 4.55 Å². The van der Waals surface area contributed by atoms with Crippen molar-refractivity contribution in [3.8, 4) is 0 Å². The molecule has 0 unspecified atom stereocenters. The van der Waals surface area contributed by atoms with Crippen LogP contribution in [0.5, 0.6) is 0 Å². The van der Waals surface area contributed by atoms with Gasteiger partial charge in [-0.25, -0.2) is 4.79 Å². The Bertz CT molecular complexity index is 736. The first kappa shape index (κ1) is 22.2. The molecule has 0 aromatic heterocycles. The van der Waals surface area contributed by atoms with Gasteiger partial charge >= 0.3 is 23.9 Å². The van der Waals surface area contributed by atoms with Gasteiger partial charge in [0.2, 0.25) is 0 Å². The zero-order chi connectivity index (χ0) is 20.6. The molecule has 1 rings (SSSR count). The van der Waals surface area contributed by atoms with Crippen molar-refractivity contribution in [1.29, 1.82) is 0 Å². The molecule has 0 radical (unpaired) electrons. The maximum absolute atomic E-state index is 13.1. The largest absolute Gasteiger partial charge is 0.438 e. The molecule has 0 saturated heterocycles. The van der Waals surface area contributed by atoms with Crippen molar-refractivity contribution < 1.29 is 48.8 Å². The van der Waals surface area contributed by atoms with E-state index in [1.165, 1.54) is 12.1 Å². The van der Waals surface area contributed by atoms with Crippen LogP contribution < -0.4 is 0 Å². The lowest BCUT2D eigenvalue weighted by Crippen LogP contribution is -2.63. The topological polar surface area (TPSA) is 80.7 Å². The fourth-order valence-corrected chi connectivity index (χ4v) is 2.85. The van der Waals surface area contributed by atoms with Crippen molar-refractivity contribution in [2.24, 2.45) is 0 Å². The molecule has 1 aromatic carbocycles. The lowest BCUT2D eigenvalue weighted by molar-refractivity contribution is -0.356. The first-order chi connectivity index (χ1) is 11.5. The van der Waals surface area contributed by atoms with Crippen molar-refractivity contribution in [2.75, 3.05) is 5.75 Å². The van der Waals surface area contributed by atoms with Gasteiger partial charge < -0.3 is 4.74 Å². The van der Waals surface area contributed by atoms with Crippen molar-refractivity contribution in [3.05, 3.63) is 35.4 Å². The van der Waals surface area contributed by atoms with Gasteiger partial charge in [-0.05, 0) is 23.6 Å². The highest BCUT2D eigenvalue weighted by Gasteiger charge is 2.76. The molecule has 0 amide bonds. The monoisotopic (exact) mass is 408 g/mol. The Labute approximate surface area is 144 Å². The molecule has 0 aliphatic heterocycles. The van der Waals surface area contributed by atoms with Crippen LogP contribution in [0.25, 0.3) is 0 Å². The maximum atomic E-state index is 13.1. The van der Waals surface area contributed by atoms with E-state index in [9.17, 15) is 39.6 Å². The lowest BCUT2D eigenvalue weighted by atomic mass is 10.0. The van der Waals surface area contributed by atoms with Gasteiger partial charge in [-0.1, -0.05) is 26.0 Å². The van der Waals surface area contributed by atoms with E-state index in [2.05, 4.69) is 4.74 Å². The molecule has 0 atom stereocenters. The maximum Gasteiger partial charge on any atom is 0.438 e. The van der Waals surface area contributed by atoms with Crippen molar-refractivity contribution in [2.45, 2.75) is 37.7 Å². The Kier molecular flexibility index (Phi) is 6.04. The number of hydrogen-bond donors (Lipinski definition) is 1. The van der Waals surface area contributed by atoms with Crippen LogP contribution in [0.15, 0.2) is 24.3 Å². The third-order valence-corrected chi connectivity index (χ3v) is 4.15. The molecule has 0 aliphatic carbocycles. The van der Waals surface area contributed by atoms with E-state index in [0.29, 0.717) is 5.56 Å². The van der Waals surface area contributed by atoms with Crippen molar-refractivity contribution >= 4 is 16.1 Å². The number of rotatable bonds is 5. The molecule has 0 heterocycles. The van der Waals surface area contributed by atoms with Gasteiger partial charge in [0, 0.05) is 0 Å². The Hall–Kier alpha value is -1.82. The zero-order valence-electron chi connectivity index (χ0n) is 13.4. The first-order valence-electron chi connectivity index (χ1n) is 6.92. The van der Waals surface area contributed by atoms with Gasteiger partial charge in [0.05, 0.1) is 5.56 Å². The Balaban J connectivity index is 3.38. The summed E-state index contributed by atoms with van der Waals surface area (Å²) in [4.78, 5) is 11.8. The quantitative estimate of drug-likeness (QED) is 0.456. The molecule has 0 bridgehead atoms. The summed E-state index contributed by atoms with van der Waals surface area (Å²) < 4.78 is 112. The molecular weight excluding hydrogens is 394 g/mol. The van der Waals surface area contributed by atoms with Gasteiger partial charge in [-0.2, -0.15) is 34.8 Å². The average Bonchev–Trinajstić information content (AvgIpc) is 2.42. The molecule has 148 valence electrons. The summed E-state index contributed by atoms with van der Waals surface area (Å²) in [7, 11) is -5.81. The number of alkyl halides is 6. The zero-order valence-corrected chi connectivity index (χ0v) is 14.2. The van der Waals surface area contributed by atoms with Crippen LogP contribution in [0, 0.1) is 0 Å². The summed E-state index contributed by atoms with van der Waals surface area (Å²) in [6.45, 7) is 3.52. The van der Waals surface area contributed by atoms with Gasteiger partial charge in [-0.3, -0.25) is 4.55 Å². The molecule has 5 nitrogen and oxygen atoms in total. The number of carbonyl (C=O) groups is 1. The standard InChI is InChI=1S/C14H14F6O5S/c1-8(2)9-3-5-10(6-4-9)11(21)25-12(13(15,16)17,14(18,19)20)7-26(22,23)24/h3-6,8H,7H2,1-2H3,(H,22,23,24). The summed E-state index contributed by atoms with van der Waals surface area (Å²) in [5.74, 6) is -4.98. The number of ether oxygens (including phenoxy) is 1. The predicted octanol–water partition coefficient (Wildman–Crippen LogP) is 3.72. The highest BCUT2D eigenvalue weighted by molar-refractivity contribution is 7.85. The minimum atomic E-state index is -6.35. The van der Waals surface area contributed by atoms with Crippen molar-refractivity contribution in [3.63, 3.8) is 0 Å². The molecule has 1 aromatic rings. The molecule has 12 heteroatoms. The van der Waals surface area contributed by atoms with E-state index in [1.54, 1.807) is 13.8 Å². The fourth-order valence-electron chi connectivity index (χ4n) is 1.95. The minimum absolute atomic E-state index is 0.0240. The predicted molar refractivity (Wildman–Crippen MR) is 77.2 cm³/mol. The number of carbonyl (C=O) groups excluding carboxylic acids is 1. The summed E-state index contributed by atoms with van der Waals surface area (Å²) in [5, 5.41) is 0. The second kappa shape index (κ2) is 7.06. The van der Waals surface area contributed by atoms with E-state index in [0.717, 1.165) is 12.1 Å². The normalized spacial score (nSPS) is 13.8. The highest BCUT2D eigenvalue weighted by Crippen LogP contribution is 2.47. The molecular formula is C14H14F6O5S. The highest BCUT2D eigenvalue weighted by atomic mass is 32.2. The number of benzene rings is 1. The van der Waals surface area contributed by atoms with Crippen LogP contribution >= 0.6 is 0 Å². The first-order valence-corrected chi connectivity index (χ1v) is 8.53. The van der Waals surface area contributed by atoms with Gasteiger partial charge in [0.15, 0.2) is 0 Å². The Morgan fingerprint density at radius 3 is 1.77 bits per heavy atom. The number of esters is 1. The Morgan fingerprint density at radius 2 is 1.46 bits per heavy atom. The molecule has 0 fully saturated rings. The summed E-state index contributed by atoms with van der Waals surface area (Å²) in [6, 6.07) is 4.49. The van der Waals surface area contributed by atoms with Gasteiger partial charge in [0.1, 0.15) is 5.75 Å². The summed E-state index contributed by atoms with van der Waals surface area (Å²) in [5.41, 5.74) is -5.42.